The fraction of sp³-hybridized carbons (Fsp3) is 0.647. The smallest absolute Gasteiger partial charge is 0.350 e. The highest BCUT2D eigenvalue weighted by molar-refractivity contribution is 5.94. The van der Waals surface area contributed by atoms with Crippen LogP contribution in [-0.4, -0.2) is 60.7 Å². The minimum atomic E-state index is -4.45. The SMILES string of the molecule is Cl.O=C(NCC(N1CCNCC1)C(F)(F)F)c1cc2c([nH]c1=O)CCCC2. The third-order valence-electron chi connectivity index (χ3n) is 5.01. The van der Waals surface area contributed by atoms with E-state index in [4.69, 9.17) is 0 Å². The van der Waals surface area contributed by atoms with Gasteiger partial charge in [0, 0.05) is 38.4 Å². The topological polar surface area (TPSA) is 77.2 Å². The Morgan fingerprint density at radius 1 is 1.22 bits per heavy atom. The van der Waals surface area contributed by atoms with Crippen LogP contribution in [0.3, 0.4) is 0 Å². The van der Waals surface area contributed by atoms with Crippen LogP contribution >= 0.6 is 12.4 Å². The van der Waals surface area contributed by atoms with Crippen LogP contribution in [0.1, 0.15) is 34.5 Å². The van der Waals surface area contributed by atoms with E-state index in [1.807, 2.05) is 0 Å². The lowest BCUT2D eigenvalue weighted by atomic mass is 9.95. The maximum atomic E-state index is 13.4. The van der Waals surface area contributed by atoms with E-state index in [2.05, 4.69) is 15.6 Å². The number of aromatic nitrogens is 1. The Kier molecular flexibility index (Phi) is 7.30. The van der Waals surface area contributed by atoms with Crippen molar-refractivity contribution in [3.63, 3.8) is 0 Å². The number of aryl methyl sites for hydroxylation is 2. The van der Waals surface area contributed by atoms with E-state index < -0.39 is 30.2 Å². The van der Waals surface area contributed by atoms with Crippen LogP contribution in [0.4, 0.5) is 13.2 Å². The average molecular weight is 409 g/mol. The van der Waals surface area contributed by atoms with Crippen molar-refractivity contribution in [2.75, 3.05) is 32.7 Å². The predicted molar refractivity (Wildman–Crippen MR) is 97.6 cm³/mol. The molecule has 2 aliphatic rings. The Morgan fingerprint density at radius 2 is 1.89 bits per heavy atom. The average Bonchev–Trinajstić information content (AvgIpc) is 2.61. The molecule has 152 valence electrons. The third-order valence-corrected chi connectivity index (χ3v) is 5.01. The van der Waals surface area contributed by atoms with E-state index in [0.717, 1.165) is 36.9 Å². The summed E-state index contributed by atoms with van der Waals surface area (Å²) in [4.78, 5) is 28.5. The molecule has 1 saturated heterocycles. The number of fused-ring (bicyclic) bond motifs is 1. The first kappa shape index (κ1) is 21.7. The number of amides is 1. The number of aromatic amines is 1. The van der Waals surface area contributed by atoms with Gasteiger partial charge in [0.05, 0.1) is 0 Å². The second kappa shape index (κ2) is 9.07. The Labute approximate surface area is 161 Å². The zero-order valence-corrected chi connectivity index (χ0v) is 15.6. The number of halogens is 4. The van der Waals surface area contributed by atoms with E-state index in [1.54, 1.807) is 0 Å². The van der Waals surface area contributed by atoms with Crippen LogP contribution in [-0.2, 0) is 12.8 Å². The van der Waals surface area contributed by atoms with Crippen molar-refractivity contribution in [2.45, 2.75) is 37.9 Å². The van der Waals surface area contributed by atoms with Gasteiger partial charge in [-0.1, -0.05) is 0 Å². The number of rotatable bonds is 4. The molecule has 1 aromatic heterocycles. The van der Waals surface area contributed by atoms with Gasteiger partial charge in [-0.25, -0.2) is 0 Å². The van der Waals surface area contributed by atoms with Crippen molar-refractivity contribution >= 4 is 18.3 Å². The van der Waals surface area contributed by atoms with E-state index in [9.17, 15) is 22.8 Å². The summed E-state index contributed by atoms with van der Waals surface area (Å²) in [5, 5.41) is 5.32. The Bertz CT molecular complexity index is 717. The number of piperazine rings is 1. The lowest BCUT2D eigenvalue weighted by molar-refractivity contribution is -0.183. The summed E-state index contributed by atoms with van der Waals surface area (Å²) in [6.07, 6.45) is -0.984. The van der Waals surface area contributed by atoms with Gasteiger partial charge in [0.25, 0.3) is 11.5 Å². The minimum absolute atomic E-state index is 0. The summed E-state index contributed by atoms with van der Waals surface area (Å²) >= 11 is 0. The zero-order valence-electron chi connectivity index (χ0n) is 14.8. The molecule has 1 aromatic rings. The van der Waals surface area contributed by atoms with Crippen LogP contribution < -0.4 is 16.2 Å². The van der Waals surface area contributed by atoms with Crippen LogP contribution in [0.5, 0.6) is 0 Å². The van der Waals surface area contributed by atoms with Gasteiger partial charge in [-0.2, -0.15) is 13.2 Å². The number of hydrogen-bond donors (Lipinski definition) is 3. The number of carbonyl (C=O) groups is 1. The van der Waals surface area contributed by atoms with E-state index >= 15 is 0 Å². The molecule has 6 nitrogen and oxygen atoms in total. The molecule has 27 heavy (non-hydrogen) atoms. The number of carbonyl (C=O) groups excluding carboxylic acids is 1. The lowest BCUT2D eigenvalue weighted by Crippen LogP contribution is -2.57. The monoisotopic (exact) mass is 408 g/mol. The molecule has 1 aliphatic heterocycles. The first-order valence-corrected chi connectivity index (χ1v) is 8.91. The fourth-order valence-electron chi connectivity index (χ4n) is 3.57. The van der Waals surface area contributed by atoms with Crippen molar-refractivity contribution in [2.24, 2.45) is 0 Å². The number of nitrogens with one attached hydrogen (secondary N) is 3. The Balaban J connectivity index is 0.00000261. The maximum Gasteiger partial charge on any atom is 0.405 e. The summed E-state index contributed by atoms with van der Waals surface area (Å²) in [7, 11) is 0. The number of H-pyrrole nitrogens is 1. The number of hydrogen-bond acceptors (Lipinski definition) is 4. The highest BCUT2D eigenvalue weighted by Gasteiger charge is 2.43. The van der Waals surface area contributed by atoms with Gasteiger partial charge in [0.15, 0.2) is 0 Å². The van der Waals surface area contributed by atoms with Gasteiger partial charge >= 0.3 is 6.18 Å². The molecule has 1 atom stereocenters. The molecule has 3 N–H and O–H groups in total. The molecule has 3 rings (SSSR count). The highest BCUT2D eigenvalue weighted by atomic mass is 35.5. The summed E-state index contributed by atoms with van der Waals surface area (Å²) in [5.74, 6) is -0.760. The molecule has 0 aromatic carbocycles. The molecule has 0 saturated carbocycles. The number of pyridine rings is 1. The second-order valence-electron chi connectivity index (χ2n) is 6.78. The van der Waals surface area contributed by atoms with Gasteiger partial charge < -0.3 is 15.6 Å². The molecule has 2 heterocycles. The van der Waals surface area contributed by atoms with Crippen molar-refractivity contribution < 1.29 is 18.0 Å². The van der Waals surface area contributed by atoms with E-state index in [0.29, 0.717) is 13.1 Å². The maximum absolute atomic E-state index is 13.4. The number of nitrogens with zero attached hydrogens (tertiary/aromatic N) is 1. The van der Waals surface area contributed by atoms with E-state index in [-0.39, 0.29) is 31.1 Å². The van der Waals surface area contributed by atoms with Gasteiger partial charge in [-0.05, 0) is 37.3 Å². The van der Waals surface area contributed by atoms with Gasteiger partial charge in [-0.15, -0.1) is 12.4 Å². The summed E-state index contributed by atoms with van der Waals surface area (Å²) in [6.45, 7) is 0.911. The first-order chi connectivity index (χ1) is 12.4. The first-order valence-electron chi connectivity index (χ1n) is 8.91. The minimum Gasteiger partial charge on any atom is -0.350 e. The van der Waals surface area contributed by atoms with Crippen LogP contribution in [0.15, 0.2) is 10.9 Å². The molecule has 0 bridgehead atoms. The lowest BCUT2D eigenvalue weighted by Gasteiger charge is -2.35. The third kappa shape index (κ3) is 5.24. The molecule has 1 unspecified atom stereocenters. The Morgan fingerprint density at radius 3 is 2.56 bits per heavy atom. The molecular weight excluding hydrogens is 385 g/mol. The molecular formula is C17H24ClF3N4O2. The van der Waals surface area contributed by atoms with Crippen molar-refractivity contribution in [3.05, 3.63) is 33.2 Å². The van der Waals surface area contributed by atoms with Crippen LogP contribution in [0.2, 0.25) is 0 Å². The fourth-order valence-corrected chi connectivity index (χ4v) is 3.57. The Hall–Kier alpha value is -1.58. The molecule has 10 heteroatoms. The standard InChI is InChI=1S/C17H23F3N4O2.ClH/c18-17(19,20)14(24-7-5-21-6-8-24)10-22-15(25)12-9-11-3-1-2-4-13(11)23-16(12)26;/h9,14,21H,1-8,10H2,(H,22,25)(H,23,26);1H. The summed E-state index contributed by atoms with van der Waals surface area (Å²) in [6, 6.07) is -0.235. The van der Waals surface area contributed by atoms with Gasteiger partial charge in [0.1, 0.15) is 11.6 Å². The molecule has 0 radical (unpaired) electrons. The van der Waals surface area contributed by atoms with Crippen LogP contribution in [0, 0.1) is 0 Å². The predicted octanol–water partition coefficient (Wildman–Crippen LogP) is 1.24. The van der Waals surface area contributed by atoms with E-state index in [1.165, 1.54) is 11.0 Å². The van der Waals surface area contributed by atoms with Gasteiger partial charge in [0.2, 0.25) is 0 Å². The normalized spacial score (nSPS) is 18.9. The largest absolute Gasteiger partial charge is 0.405 e. The number of alkyl halides is 3. The second-order valence-corrected chi connectivity index (χ2v) is 6.78. The molecule has 1 aliphatic carbocycles. The van der Waals surface area contributed by atoms with Gasteiger partial charge in [-0.3, -0.25) is 14.5 Å². The van der Waals surface area contributed by atoms with Crippen molar-refractivity contribution in [3.8, 4) is 0 Å². The summed E-state index contributed by atoms with van der Waals surface area (Å²) in [5.41, 5.74) is 1.06. The molecule has 0 spiro atoms. The van der Waals surface area contributed by atoms with Crippen LogP contribution in [0.25, 0.3) is 0 Å². The summed E-state index contributed by atoms with van der Waals surface area (Å²) < 4.78 is 40.1. The molecule has 1 amide bonds. The van der Waals surface area contributed by atoms with Crippen molar-refractivity contribution in [1.82, 2.24) is 20.5 Å². The molecule has 1 fully saturated rings. The zero-order chi connectivity index (χ0) is 18.7. The highest BCUT2D eigenvalue weighted by Crippen LogP contribution is 2.25. The quantitative estimate of drug-likeness (QED) is 0.700. The van der Waals surface area contributed by atoms with Crippen molar-refractivity contribution in [1.29, 1.82) is 0 Å².